The Balaban J connectivity index is 1.91. The Morgan fingerprint density at radius 1 is 1.35 bits per heavy atom. The molecule has 1 saturated carbocycles. The van der Waals surface area contributed by atoms with Crippen LogP contribution < -0.4 is 5.32 Å². The number of hydrogen-bond donors (Lipinski definition) is 1. The normalized spacial score (nSPS) is 23.3. The van der Waals surface area contributed by atoms with Crippen LogP contribution in [0.4, 0.5) is 5.69 Å². The molecule has 1 aromatic carbocycles. The van der Waals surface area contributed by atoms with Crippen LogP contribution in [0.15, 0.2) is 30.3 Å². The molecule has 0 heterocycles. The maximum atomic E-state index is 12.1. The molecule has 1 aliphatic carbocycles. The summed E-state index contributed by atoms with van der Waals surface area (Å²) < 4.78 is 5.11. The number of nitrogens with zero attached hydrogens (tertiary/aromatic N) is 1. The Bertz CT molecular complexity index is 690. The second-order valence-electron chi connectivity index (χ2n) is 6.62. The number of para-hydroxylation sites is 1. The highest BCUT2D eigenvalue weighted by molar-refractivity contribution is 5.95. The summed E-state index contributed by atoms with van der Waals surface area (Å²) in [5.74, 6) is -2.73. The molecule has 0 spiro atoms. The lowest BCUT2D eigenvalue weighted by molar-refractivity contribution is -0.490. The molecule has 1 N–H and O–H groups in total. The quantitative estimate of drug-likeness (QED) is 0.451. The molecular weight excluding hydrogens is 340 g/mol. The van der Waals surface area contributed by atoms with Crippen molar-refractivity contribution in [1.29, 1.82) is 0 Å². The first-order valence-corrected chi connectivity index (χ1v) is 8.47. The van der Waals surface area contributed by atoms with Gasteiger partial charge in [0.2, 0.25) is 6.54 Å². The van der Waals surface area contributed by atoms with Gasteiger partial charge in [0.05, 0.1) is 6.42 Å². The zero-order chi connectivity index (χ0) is 19.3. The van der Waals surface area contributed by atoms with Crippen LogP contribution in [-0.2, 0) is 19.1 Å². The first-order valence-electron chi connectivity index (χ1n) is 8.47. The summed E-state index contributed by atoms with van der Waals surface area (Å²) in [6.45, 7) is 2.85. The summed E-state index contributed by atoms with van der Waals surface area (Å²) in [4.78, 5) is 46.6. The van der Waals surface area contributed by atoms with Gasteiger partial charge in [0, 0.05) is 28.9 Å². The molecule has 4 atom stereocenters. The van der Waals surface area contributed by atoms with Crippen LogP contribution >= 0.6 is 0 Å². The van der Waals surface area contributed by atoms with Crippen LogP contribution in [0.5, 0.6) is 0 Å². The number of rotatable bonds is 7. The summed E-state index contributed by atoms with van der Waals surface area (Å²) in [7, 11) is 0. The minimum absolute atomic E-state index is 0.149. The number of carbonyl (C=O) groups is 3. The van der Waals surface area contributed by atoms with Crippen LogP contribution in [0.25, 0.3) is 0 Å². The van der Waals surface area contributed by atoms with E-state index in [0.29, 0.717) is 5.69 Å². The van der Waals surface area contributed by atoms with Crippen LogP contribution in [0.2, 0.25) is 0 Å². The molecule has 1 aromatic rings. The maximum Gasteiger partial charge on any atom is 0.307 e. The summed E-state index contributed by atoms with van der Waals surface area (Å²) in [6.07, 6.45) is -1.06. The average molecular weight is 362 g/mol. The first-order chi connectivity index (χ1) is 12.3. The van der Waals surface area contributed by atoms with Crippen LogP contribution in [-0.4, -0.2) is 35.2 Å². The van der Waals surface area contributed by atoms with E-state index in [0.717, 1.165) is 0 Å². The van der Waals surface area contributed by atoms with Gasteiger partial charge in [-0.05, 0) is 25.0 Å². The van der Waals surface area contributed by atoms with Crippen molar-refractivity contribution >= 4 is 23.3 Å². The Hall–Kier alpha value is -2.77. The number of esters is 1. The minimum Gasteiger partial charge on any atom is -0.453 e. The fraction of sp³-hybridized carbons (Fsp3) is 0.500. The van der Waals surface area contributed by atoms with Gasteiger partial charge in [-0.3, -0.25) is 24.5 Å². The van der Waals surface area contributed by atoms with Crippen molar-refractivity contribution < 1.29 is 24.0 Å². The molecule has 0 aromatic heterocycles. The van der Waals surface area contributed by atoms with Crippen molar-refractivity contribution in [3.8, 4) is 0 Å². The number of anilines is 1. The van der Waals surface area contributed by atoms with E-state index in [2.05, 4.69) is 5.32 Å². The molecule has 1 fully saturated rings. The number of benzene rings is 1. The Morgan fingerprint density at radius 2 is 2.00 bits per heavy atom. The molecule has 1 amide bonds. The molecule has 8 heteroatoms. The fourth-order valence-corrected chi connectivity index (χ4v) is 3.24. The fourth-order valence-electron chi connectivity index (χ4n) is 3.24. The van der Waals surface area contributed by atoms with Crippen molar-refractivity contribution in [2.75, 3.05) is 11.9 Å². The molecule has 0 radical (unpaired) electrons. The molecule has 0 saturated heterocycles. The van der Waals surface area contributed by atoms with Crippen molar-refractivity contribution in [1.82, 2.24) is 0 Å². The van der Waals surface area contributed by atoms with E-state index in [9.17, 15) is 24.5 Å². The van der Waals surface area contributed by atoms with Gasteiger partial charge in [-0.2, -0.15) is 0 Å². The number of ketones is 1. The number of Topliss-reactive ketones (excluding diaryl/α,β-unsaturated/α-hetero) is 1. The Labute approximate surface area is 151 Å². The maximum absolute atomic E-state index is 12.1. The van der Waals surface area contributed by atoms with Crippen molar-refractivity contribution in [2.24, 2.45) is 17.8 Å². The summed E-state index contributed by atoms with van der Waals surface area (Å²) >= 11 is 0. The van der Waals surface area contributed by atoms with Crippen molar-refractivity contribution in [3.05, 3.63) is 40.4 Å². The van der Waals surface area contributed by atoms with E-state index in [1.807, 2.05) is 0 Å². The molecule has 0 unspecified atom stereocenters. The number of hydrogen-bond acceptors (Lipinski definition) is 6. The number of carbonyl (C=O) groups excluding carboxylic acids is 3. The number of amides is 1. The Morgan fingerprint density at radius 3 is 2.62 bits per heavy atom. The third-order valence-corrected chi connectivity index (χ3v) is 4.65. The van der Waals surface area contributed by atoms with Crippen molar-refractivity contribution in [2.45, 2.75) is 32.8 Å². The second-order valence-corrected chi connectivity index (χ2v) is 6.62. The monoisotopic (exact) mass is 362 g/mol. The smallest absolute Gasteiger partial charge is 0.307 e. The zero-order valence-corrected chi connectivity index (χ0v) is 14.7. The highest BCUT2D eigenvalue weighted by Crippen LogP contribution is 2.36. The standard InChI is InChI=1S/C18H22N2O6/c1-11-8-16(21)14(15(11)10-20(24)25)9-17(22)26-12(2)18(23)19-13-6-4-3-5-7-13/h3-7,11-12,14-15H,8-10H2,1-2H3,(H,19,23)/t11-,12+,14+,15-/m1/s1. The highest BCUT2D eigenvalue weighted by atomic mass is 16.6. The number of ether oxygens (including phenoxy) is 1. The largest absolute Gasteiger partial charge is 0.453 e. The van der Waals surface area contributed by atoms with E-state index < -0.39 is 34.7 Å². The molecule has 2 rings (SSSR count). The molecule has 0 aliphatic heterocycles. The lowest BCUT2D eigenvalue weighted by Crippen LogP contribution is -2.32. The summed E-state index contributed by atoms with van der Waals surface area (Å²) in [5, 5.41) is 13.4. The lowest BCUT2D eigenvalue weighted by atomic mass is 9.88. The molecule has 8 nitrogen and oxygen atoms in total. The van der Waals surface area contributed by atoms with Gasteiger partial charge in [-0.1, -0.05) is 25.1 Å². The molecule has 140 valence electrons. The van der Waals surface area contributed by atoms with Gasteiger partial charge in [-0.15, -0.1) is 0 Å². The second kappa shape index (κ2) is 8.55. The van der Waals surface area contributed by atoms with Gasteiger partial charge in [0.1, 0.15) is 5.78 Å². The van der Waals surface area contributed by atoms with Gasteiger partial charge < -0.3 is 10.1 Å². The predicted octanol–water partition coefficient (Wildman–Crippen LogP) is 2.06. The molecular formula is C18H22N2O6. The van der Waals surface area contributed by atoms with Crippen LogP contribution in [0, 0.1) is 27.9 Å². The van der Waals surface area contributed by atoms with E-state index in [1.54, 1.807) is 37.3 Å². The van der Waals surface area contributed by atoms with Crippen LogP contribution in [0.3, 0.4) is 0 Å². The third-order valence-electron chi connectivity index (χ3n) is 4.65. The number of nitro groups is 1. The average Bonchev–Trinajstić information content (AvgIpc) is 2.82. The van der Waals surface area contributed by atoms with Gasteiger partial charge in [0.25, 0.3) is 5.91 Å². The van der Waals surface area contributed by atoms with Crippen molar-refractivity contribution in [3.63, 3.8) is 0 Å². The first kappa shape index (κ1) is 19.6. The predicted molar refractivity (Wildman–Crippen MR) is 92.9 cm³/mol. The Kier molecular flexibility index (Phi) is 6.43. The lowest BCUT2D eigenvalue weighted by Gasteiger charge is -2.18. The summed E-state index contributed by atoms with van der Waals surface area (Å²) in [6, 6.07) is 8.73. The van der Waals surface area contributed by atoms with E-state index in [4.69, 9.17) is 4.74 Å². The highest BCUT2D eigenvalue weighted by Gasteiger charge is 2.44. The molecule has 26 heavy (non-hydrogen) atoms. The molecule has 0 bridgehead atoms. The van der Waals surface area contributed by atoms with E-state index in [1.165, 1.54) is 6.92 Å². The minimum atomic E-state index is -1.04. The topological polar surface area (TPSA) is 116 Å². The zero-order valence-electron chi connectivity index (χ0n) is 14.7. The third kappa shape index (κ3) is 5.11. The van der Waals surface area contributed by atoms with Gasteiger partial charge in [0.15, 0.2) is 6.10 Å². The van der Waals surface area contributed by atoms with Crippen LogP contribution in [0.1, 0.15) is 26.7 Å². The summed E-state index contributed by atoms with van der Waals surface area (Å²) in [5.41, 5.74) is 0.575. The molecule has 1 aliphatic rings. The number of nitrogens with one attached hydrogen (secondary N) is 1. The van der Waals surface area contributed by atoms with Gasteiger partial charge in [-0.25, -0.2) is 0 Å². The van der Waals surface area contributed by atoms with Gasteiger partial charge >= 0.3 is 5.97 Å². The SMILES string of the molecule is C[C@H](OC(=O)C[C@@H]1C(=O)C[C@@H](C)[C@H]1C[N+](=O)[O-])C(=O)Nc1ccccc1. The van der Waals surface area contributed by atoms with E-state index in [-0.39, 0.29) is 31.1 Å². The van der Waals surface area contributed by atoms with E-state index >= 15 is 0 Å².